The van der Waals surface area contributed by atoms with Crippen LogP contribution in [0.15, 0.2) is 60.8 Å². The summed E-state index contributed by atoms with van der Waals surface area (Å²) in [6.07, 6.45) is 4.19. The van der Waals surface area contributed by atoms with Gasteiger partial charge in [0.25, 0.3) is 11.8 Å². The first kappa shape index (κ1) is 28.6. The number of amides is 2. The molecule has 2 saturated heterocycles. The number of carbonyl (C=O) groups excluding carboxylic acids is 2. The lowest BCUT2D eigenvalue weighted by Crippen LogP contribution is -2.55. The lowest BCUT2D eigenvalue weighted by Gasteiger charge is -2.36. The van der Waals surface area contributed by atoms with Crippen molar-refractivity contribution in [3.8, 4) is 16.9 Å². The maximum Gasteiger partial charge on any atom is 0.253 e. The van der Waals surface area contributed by atoms with Crippen LogP contribution in [0.1, 0.15) is 53.0 Å². The zero-order chi connectivity index (χ0) is 28.8. The number of piperazine rings is 1. The summed E-state index contributed by atoms with van der Waals surface area (Å²) in [4.78, 5) is 34.1. The highest BCUT2D eigenvalue weighted by Gasteiger charge is 2.25. The van der Waals surface area contributed by atoms with Crippen molar-refractivity contribution in [3.63, 3.8) is 0 Å². The Kier molecular flexibility index (Phi) is 9.16. The normalized spacial score (nSPS) is 19.2. The fourth-order valence-electron chi connectivity index (χ4n) is 5.56. The summed E-state index contributed by atoms with van der Waals surface area (Å²) < 4.78 is 6.01. The van der Waals surface area contributed by atoms with E-state index in [1.165, 1.54) is 12.8 Å². The van der Waals surface area contributed by atoms with Crippen LogP contribution in [0.2, 0.25) is 0 Å². The number of rotatable bonds is 9. The Labute approximate surface area is 242 Å². The van der Waals surface area contributed by atoms with Gasteiger partial charge >= 0.3 is 0 Å². The van der Waals surface area contributed by atoms with E-state index < -0.39 is 0 Å². The number of anilines is 1. The summed E-state index contributed by atoms with van der Waals surface area (Å²) in [5.74, 6) is 0.760. The third-order valence-corrected chi connectivity index (χ3v) is 7.71. The van der Waals surface area contributed by atoms with Crippen LogP contribution in [0, 0.1) is 0 Å². The van der Waals surface area contributed by atoms with Gasteiger partial charge in [0, 0.05) is 61.1 Å². The van der Waals surface area contributed by atoms with Crippen LogP contribution in [0.4, 0.5) is 5.82 Å². The molecule has 2 unspecified atom stereocenters. The van der Waals surface area contributed by atoms with Crippen LogP contribution in [0.5, 0.6) is 5.75 Å². The van der Waals surface area contributed by atoms with Crippen molar-refractivity contribution < 1.29 is 14.3 Å². The smallest absolute Gasteiger partial charge is 0.253 e. The van der Waals surface area contributed by atoms with Gasteiger partial charge in [-0.15, -0.1) is 0 Å². The minimum Gasteiger partial charge on any atom is -0.485 e. The van der Waals surface area contributed by atoms with Crippen molar-refractivity contribution in [2.75, 3.05) is 45.0 Å². The average molecular weight is 557 g/mol. The molecular weight excluding hydrogens is 516 g/mol. The molecule has 2 aliphatic rings. The molecule has 4 N–H and O–H groups in total. The maximum atomic E-state index is 13.0. The van der Waals surface area contributed by atoms with Crippen LogP contribution in [0.25, 0.3) is 11.1 Å². The molecule has 1 aromatic heterocycles. The Balaban J connectivity index is 1.16. The van der Waals surface area contributed by atoms with Gasteiger partial charge in [0.15, 0.2) is 11.6 Å². The van der Waals surface area contributed by atoms with Crippen molar-refractivity contribution in [2.24, 2.45) is 0 Å². The number of hydrogen-bond acceptors (Lipinski definition) is 7. The molecule has 9 heteroatoms. The van der Waals surface area contributed by atoms with Crippen LogP contribution >= 0.6 is 0 Å². The number of pyridine rings is 1. The molecule has 0 saturated carbocycles. The minimum atomic E-state index is -0.0671. The van der Waals surface area contributed by atoms with Gasteiger partial charge in [0.1, 0.15) is 6.61 Å². The lowest BCUT2D eigenvalue weighted by atomic mass is 10.0. The second-order valence-corrected chi connectivity index (χ2v) is 11.2. The number of carbonyl (C=O) groups is 2. The van der Waals surface area contributed by atoms with E-state index in [0.29, 0.717) is 48.9 Å². The van der Waals surface area contributed by atoms with E-state index in [4.69, 9.17) is 10.5 Å². The van der Waals surface area contributed by atoms with E-state index in [2.05, 4.69) is 34.4 Å². The third-order valence-electron chi connectivity index (χ3n) is 7.71. The first-order chi connectivity index (χ1) is 19.9. The van der Waals surface area contributed by atoms with Crippen LogP contribution in [-0.4, -0.2) is 78.0 Å². The maximum absolute atomic E-state index is 13.0. The molecule has 41 heavy (non-hydrogen) atoms. The highest BCUT2D eigenvalue weighted by Crippen LogP contribution is 2.28. The molecule has 2 aromatic carbocycles. The van der Waals surface area contributed by atoms with Gasteiger partial charge in [-0.3, -0.25) is 9.59 Å². The largest absolute Gasteiger partial charge is 0.485 e. The number of nitrogens with two attached hydrogens (primary N) is 1. The lowest BCUT2D eigenvalue weighted by molar-refractivity contribution is 0.0673. The number of nitrogens with zero attached hydrogens (tertiary/aromatic N) is 3. The summed E-state index contributed by atoms with van der Waals surface area (Å²) in [6, 6.07) is 17.4. The quantitative estimate of drug-likeness (QED) is 0.369. The first-order valence-corrected chi connectivity index (χ1v) is 14.5. The Morgan fingerprint density at radius 2 is 1.63 bits per heavy atom. The van der Waals surface area contributed by atoms with E-state index in [-0.39, 0.29) is 23.9 Å². The molecule has 3 aromatic rings. The molecule has 0 aliphatic carbocycles. The zero-order valence-electron chi connectivity index (χ0n) is 23.9. The fourth-order valence-corrected chi connectivity index (χ4v) is 5.56. The van der Waals surface area contributed by atoms with Gasteiger partial charge in [0.05, 0.1) is 0 Å². The second-order valence-electron chi connectivity index (χ2n) is 11.2. The summed E-state index contributed by atoms with van der Waals surface area (Å²) in [5, 5.41) is 6.46. The predicted molar refractivity (Wildman–Crippen MR) is 161 cm³/mol. The number of benzene rings is 2. The van der Waals surface area contributed by atoms with Crippen molar-refractivity contribution >= 4 is 17.6 Å². The van der Waals surface area contributed by atoms with Crippen molar-refractivity contribution in [1.29, 1.82) is 0 Å². The highest BCUT2D eigenvalue weighted by molar-refractivity contribution is 5.95. The molecule has 5 rings (SSSR count). The van der Waals surface area contributed by atoms with Crippen LogP contribution in [0.3, 0.4) is 0 Å². The highest BCUT2D eigenvalue weighted by atomic mass is 16.5. The number of aromatic nitrogens is 1. The summed E-state index contributed by atoms with van der Waals surface area (Å²) in [7, 11) is 0. The van der Waals surface area contributed by atoms with Crippen LogP contribution in [-0.2, 0) is 6.61 Å². The van der Waals surface area contributed by atoms with Crippen molar-refractivity contribution in [2.45, 2.75) is 45.4 Å². The Bertz CT molecular complexity index is 1330. The standard InChI is InChI=1S/C32H40N6O3/c1-22-19-38(20-23(2)36-22)32(40)27-11-9-25(10-12-27)28-17-29(30(33)35-18-28)41-21-24-5-7-26(8-6-24)31(39)34-13-16-37-14-3-4-15-37/h5-12,17-18,22-23,36H,3-4,13-16,19-21H2,1-2H3,(H2,33,35)(H,34,39). The van der Waals surface area contributed by atoms with Gasteiger partial charge in [-0.05, 0) is 81.2 Å². The number of nitrogen functional groups attached to an aromatic ring is 1. The molecule has 2 amide bonds. The topological polar surface area (TPSA) is 113 Å². The molecule has 3 heterocycles. The molecule has 0 bridgehead atoms. The SMILES string of the molecule is CC1CN(C(=O)c2ccc(-c3cnc(N)c(OCc4ccc(C(=O)NCCN5CCCC5)cc4)c3)cc2)CC(C)N1. The third kappa shape index (κ3) is 7.42. The van der Waals surface area contributed by atoms with Crippen molar-refractivity contribution in [3.05, 3.63) is 77.5 Å². The molecule has 0 radical (unpaired) electrons. The molecule has 216 valence electrons. The van der Waals surface area contributed by atoms with Gasteiger partial charge in [0.2, 0.25) is 0 Å². The Hall–Kier alpha value is -3.95. The molecule has 9 nitrogen and oxygen atoms in total. The van der Waals surface area contributed by atoms with Gasteiger partial charge in [-0.25, -0.2) is 4.98 Å². The van der Waals surface area contributed by atoms with Gasteiger partial charge in [-0.2, -0.15) is 0 Å². The molecule has 2 aliphatic heterocycles. The minimum absolute atomic E-state index is 0.0433. The van der Waals surface area contributed by atoms with Gasteiger partial charge in [-0.1, -0.05) is 24.3 Å². The molecule has 2 atom stereocenters. The Morgan fingerprint density at radius 3 is 2.32 bits per heavy atom. The van der Waals surface area contributed by atoms with E-state index in [0.717, 1.165) is 36.3 Å². The number of hydrogen-bond donors (Lipinski definition) is 3. The number of nitrogens with one attached hydrogen (secondary N) is 2. The number of ether oxygens (including phenoxy) is 1. The summed E-state index contributed by atoms with van der Waals surface area (Å²) in [6.45, 7) is 9.67. The fraction of sp³-hybridized carbons (Fsp3) is 0.406. The van der Waals surface area contributed by atoms with E-state index >= 15 is 0 Å². The molecular formula is C32H40N6O3. The average Bonchev–Trinajstić information content (AvgIpc) is 3.50. The van der Waals surface area contributed by atoms with Crippen molar-refractivity contribution in [1.82, 2.24) is 25.4 Å². The number of likely N-dealkylation sites (tertiary alicyclic amines) is 1. The molecule has 0 spiro atoms. The zero-order valence-corrected chi connectivity index (χ0v) is 23.9. The summed E-state index contributed by atoms with van der Waals surface area (Å²) >= 11 is 0. The second kappa shape index (κ2) is 13.1. The van der Waals surface area contributed by atoms with Gasteiger partial charge < -0.3 is 30.9 Å². The predicted octanol–water partition coefficient (Wildman–Crippen LogP) is 3.56. The van der Waals surface area contributed by atoms with E-state index in [9.17, 15) is 9.59 Å². The van der Waals surface area contributed by atoms with Crippen LogP contribution < -0.4 is 21.1 Å². The van der Waals surface area contributed by atoms with E-state index in [1.807, 2.05) is 59.5 Å². The monoisotopic (exact) mass is 556 g/mol. The molecule has 2 fully saturated rings. The van der Waals surface area contributed by atoms with E-state index in [1.54, 1.807) is 6.20 Å². The summed E-state index contributed by atoms with van der Waals surface area (Å²) in [5.41, 5.74) is 10.1. The Morgan fingerprint density at radius 1 is 0.976 bits per heavy atom. The first-order valence-electron chi connectivity index (χ1n) is 14.5.